The number of hydrogen-bond acceptors (Lipinski definition) is 2. The molecule has 2 heteroatoms. The van der Waals surface area contributed by atoms with Crippen LogP contribution >= 0.6 is 0 Å². The van der Waals surface area contributed by atoms with E-state index in [0.717, 1.165) is 19.3 Å². The first-order chi connectivity index (χ1) is 7.84. The summed E-state index contributed by atoms with van der Waals surface area (Å²) in [4.78, 5) is 11.5. The third-order valence-electron chi connectivity index (χ3n) is 2.61. The van der Waals surface area contributed by atoms with Gasteiger partial charge in [0, 0.05) is 6.42 Å². The number of unbranched alkanes of at least 4 members (excludes halogenated alkanes) is 5. The molecule has 0 aliphatic rings. The third-order valence-corrected chi connectivity index (χ3v) is 2.61. The SMILES string of the molecule is C=CCCCCCCCC(=O)c1ccco1. The largest absolute Gasteiger partial charge is 0.461 e. The average Bonchev–Trinajstić information content (AvgIpc) is 2.81. The Labute approximate surface area is 97.3 Å². The highest BCUT2D eigenvalue weighted by Crippen LogP contribution is 2.11. The molecule has 1 heterocycles. The molecule has 16 heavy (non-hydrogen) atoms. The van der Waals surface area contributed by atoms with Crippen LogP contribution < -0.4 is 0 Å². The Morgan fingerprint density at radius 1 is 1.25 bits per heavy atom. The van der Waals surface area contributed by atoms with Crippen LogP contribution in [0.3, 0.4) is 0 Å². The molecule has 1 rings (SSSR count). The Balaban J connectivity index is 1.99. The van der Waals surface area contributed by atoms with Crippen molar-refractivity contribution in [1.82, 2.24) is 0 Å². The first-order valence-electron chi connectivity index (χ1n) is 6.02. The van der Waals surface area contributed by atoms with Crippen LogP contribution in [0.25, 0.3) is 0 Å². The van der Waals surface area contributed by atoms with E-state index in [1.165, 1.54) is 19.3 Å². The summed E-state index contributed by atoms with van der Waals surface area (Å²) in [7, 11) is 0. The van der Waals surface area contributed by atoms with E-state index in [1.807, 2.05) is 6.08 Å². The van der Waals surface area contributed by atoms with Gasteiger partial charge in [-0.25, -0.2) is 0 Å². The molecule has 0 aromatic carbocycles. The van der Waals surface area contributed by atoms with Gasteiger partial charge in [0.1, 0.15) is 0 Å². The normalized spacial score (nSPS) is 10.2. The highest BCUT2D eigenvalue weighted by molar-refractivity contribution is 5.93. The quantitative estimate of drug-likeness (QED) is 0.351. The van der Waals surface area contributed by atoms with Gasteiger partial charge in [0.2, 0.25) is 0 Å². The second-order valence-corrected chi connectivity index (χ2v) is 4.00. The monoisotopic (exact) mass is 220 g/mol. The zero-order valence-electron chi connectivity index (χ0n) is 9.78. The second kappa shape index (κ2) is 7.91. The molecule has 0 amide bonds. The summed E-state index contributed by atoms with van der Waals surface area (Å²) in [6.07, 6.45) is 11.0. The molecular formula is C14H20O2. The van der Waals surface area contributed by atoms with Crippen LogP contribution in [0.5, 0.6) is 0 Å². The molecule has 0 saturated heterocycles. The number of allylic oxidation sites excluding steroid dienone is 1. The predicted octanol–water partition coefficient (Wildman–Crippen LogP) is 4.38. The number of ketones is 1. The Kier molecular flexibility index (Phi) is 6.31. The standard InChI is InChI=1S/C14H20O2/c1-2-3-4-5-6-7-8-10-13(15)14-11-9-12-16-14/h2,9,11-12H,1,3-8,10H2. The van der Waals surface area contributed by atoms with E-state index in [0.29, 0.717) is 12.2 Å². The van der Waals surface area contributed by atoms with Gasteiger partial charge in [-0.15, -0.1) is 6.58 Å². The molecule has 0 spiro atoms. The van der Waals surface area contributed by atoms with Crippen molar-refractivity contribution in [3.8, 4) is 0 Å². The smallest absolute Gasteiger partial charge is 0.197 e. The molecule has 0 bridgehead atoms. The lowest BCUT2D eigenvalue weighted by Crippen LogP contribution is -1.96. The van der Waals surface area contributed by atoms with Gasteiger partial charge in [0.25, 0.3) is 0 Å². The van der Waals surface area contributed by atoms with Gasteiger partial charge in [-0.05, 0) is 31.4 Å². The maximum atomic E-state index is 11.5. The highest BCUT2D eigenvalue weighted by Gasteiger charge is 2.07. The maximum absolute atomic E-state index is 11.5. The number of hydrogen-bond donors (Lipinski definition) is 0. The maximum Gasteiger partial charge on any atom is 0.197 e. The van der Waals surface area contributed by atoms with E-state index in [-0.39, 0.29) is 5.78 Å². The summed E-state index contributed by atoms with van der Waals surface area (Å²) < 4.78 is 5.04. The first-order valence-corrected chi connectivity index (χ1v) is 6.02. The molecule has 1 aromatic rings. The molecular weight excluding hydrogens is 200 g/mol. The summed E-state index contributed by atoms with van der Waals surface area (Å²) >= 11 is 0. The minimum Gasteiger partial charge on any atom is -0.461 e. The fourth-order valence-corrected chi connectivity index (χ4v) is 1.66. The van der Waals surface area contributed by atoms with E-state index in [9.17, 15) is 4.79 Å². The van der Waals surface area contributed by atoms with Gasteiger partial charge in [-0.3, -0.25) is 4.79 Å². The molecule has 2 nitrogen and oxygen atoms in total. The van der Waals surface area contributed by atoms with Crippen molar-refractivity contribution in [1.29, 1.82) is 0 Å². The van der Waals surface area contributed by atoms with Gasteiger partial charge in [0.05, 0.1) is 6.26 Å². The van der Waals surface area contributed by atoms with Crippen molar-refractivity contribution in [2.45, 2.75) is 44.9 Å². The van der Waals surface area contributed by atoms with Gasteiger partial charge in [0.15, 0.2) is 11.5 Å². The number of carbonyl (C=O) groups excluding carboxylic acids is 1. The van der Waals surface area contributed by atoms with Crippen LogP contribution in [0.1, 0.15) is 55.5 Å². The number of rotatable bonds is 9. The summed E-state index contributed by atoms with van der Waals surface area (Å²) in [6.45, 7) is 3.69. The lowest BCUT2D eigenvalue weighted by Gasteiger charge is -1.99. The minimum atomic E-state index is 0.121. The van der Waals surface area contributed by atoms with Crippen molar-refractivity contribution in [3.05, 3.63) is 36.8 Å². The third kappa shape index (κ3) is 4.96. The first kappa shape index (κ1) is 12.8. The van der Waals surface area contributed by atoms with Gasteiger partial charge in [-0.2, -0.15) is 0 Å². The summed E-state index contributed by atoms with van der Waals surface area (Å²) in [5, 5.41) is 0. The van der Waals surface area contributed by atoms with Crippen molar-refractivity contribution in [2.75, 3.05) is 0 Å². The van der Waals surface area contributed by atoms with Gasteiger partial charge < -0.3 is 4.42 Å². The van der Waals surface area contributed by atoms with Crippen LogP contribution in [0.4, 0.5) is 0 Å². The van der Waals surface area contributed by atoms with Gasteiger partial charge >= 0.3 is 0 Å². The number of furan rings is 1. The lowest BCUT2D eigenvalue weighted by atomic mass is 10.1. The Bertz CT molecular complexity index is 299. The summed E-state index contributed by atoms with van der Waals surface area (Å²) in [5.74, 6) is 0.614. The van der Waals surface area contributed by atoms with Crippen LogP contribution in [0, 0.1) is 0 Å². The van der Waals surface area contributed by atoms with E-state index in [4.69, 9.17) is 4.42 Å². The predicted molar refractivity (Wildman–Crippen MR) is 65.6 cm³/mol. The lowest BCUT2D eigenvalue weighted by molar-refractivity contribution is 0.0952. The number of Topliss-reactive ketones (excluding diaryl/α,β-unsaturated/α-hetero) is 1. The zero-order chi connectivity index (χ0) is 11.6. The van der Waals surface area contributed by atoms with E-state index in [2.05, 4.69) is 6.58 Å². The highest BCUT2D eigenvalue weighted by atomic mass is 16.3. The molecule has 0 fully saturated rings. The number of carbonyl (C=O) groups is 1. The molecule has 1 aromatic heterocycles. The molecule has 0 unspecified atom stereocenters. The van der Waals surface area contributed by atoms with Crippen molar-refractivity contribution < 1.29 is 9.21 Å². The van der Waals surface area contributed by atoms with Crippen LogP contribution in [0.15, 0.2) is 35.5 Å². The van der Waals surface area contributed by atoms with Gasteiger partial charge in [-0.1, -0.05) is 25.3 Å². The molecule has 0 aliphatic heterocycles. The van der Waals surface area contributed by atoms with Crippen LogP contribution in [-0.2, 0) is 0 Å². The van der Waals surface area contributed by atoms with Crippen molar-refractivity contribution >= 4 is 5.78 Å². The fraction of sp³-hybridized carbons (Fsp3) is 0.500. The Hall–Kier alpha value is -1.31. The Morgan fingerprint density at radius 3 is 2.69 bits per heavy atom. The second-order valence-electron chi connectivity index (χ2n) is 4.00. The molecule has 0 saturated carbocycles. The molecule has 0 atom stereocenters. The zero-order valence-corrected chi connectivity index (χ0v) is 9.78. The topological polar surface area (TPSA) is 30.2 Å². The minimum absolute atomic E-state index is 0.121. The average molecular weight is 220 g/mol. The fourth-order valence-electron chi connectivity index (χ4n) is 1.66. The Morgan fingerprint density at radius 2 is 2.00 bits per heavy atom. The van der Waals surface area contributed by atoms with Crippen LogP contribution in [-0.4, -0.2) is 5.78 Å². The summed E-state index contributed by atoms with van der Waals surface area (Å²) in [6, 6.07) is 3.48. The molecule has 0 radical (unpaired) electrons. The van der Waals surface area contributed by atoms with E-state index >= 15 is 0 Å². The van der Waals surface area contributed by atoms with E-state index < -0.39 is 0 Å². The van der Waals surface area contributed by atoms with Crippen LogP contribution in [0.2, 0.25) is 0 Å². The van der Waals surface area contributed by atoms with E-state index in [1.54, 1.807) is 18.4 Å². The summed E-state index contributed by atoms with van der Waals surface area (Å²) in [5.41, 5.74) is 0. The molecule has 88 valence electrons. The van der Waals surface area contributed by atoms with Crippen molar-refractivity contribution in [3.63, 3.8) is 0 Å². The molecule has 0 aliphatic carbocycles. The molecule has 0 N–H and O–H groups in total. The van der Waals surface area contributed by atoms with Crippen molar-refractivity contribution in [2.24, 2.45) is 0 Å².